The van der Waals surface area contributed by atoms with Gasteiger partial charge >= 0.3 is 0 Å². The summed E-state index contributed by atoms with van der Waals surface area (Å²) in [5.74, 6) is 0. The Morgan fingerprint density at radius 2 is 1.76 bits per heavy atom. The van der Waals surface area contributed by atoms with Gasteiger partial charge in [0.15, 0.2) is 0 Å². The zero-order valence-electron chi connectivity index (χ0n) is 13.7. The molecule has 0 saturated carbocycles. The SMILES string of the molecule is CC(C)NCc1ccc(N2CCN(C(C)C)CC2)c(Cl)c1. The summed E-state index contributed by atoms with van der Waals surface area (Å²) in [7, 11) is 0. The summed E-state index contributed by atoms with van der Waals surface area (Å²) in [5, 5.41) is 4.30. The second kappa shape index (κ2) is 7.48. The van der Waals surface area contributed by atoms with Crippen molar-refractivity contribution in [3.8, 4) is 0 Å². The van der Waals surface area contributed by atoms with Crippen LogP contribution in [0.15, 0.2) is 18.2 Å². The van der Waals surface area contributed by atoms with Gasteiger partial charge in [-0.1, -0.05) is 31.5 Å². The number of hydrogen-bond donors (Lipinski definition) is 1. The van der Waals surface area contributed by atoms with Crippen LogP contribution < -0.4 is 10.2 Å². The normalized spacial score (nSPS) is 17.0. The minimum atomic E-state index is 0.493. The van der Waals surface area contributed by atoms with Crippen molar-refractivity contribution in [2.45, 2.75) is 46.3 Å². The van der Waals surface area contributed by atoms with Crippen molar-refractivity contribution in [3.05, 3.63) is 28.8 Å². The molecule has 1 aliphatic heterocycles. The molecule has 0 bridgehead atoms. The standard InChI is InChI=1S/C17H28ClN3/c1-13(2)19-12-15-5-6-17(16(18)11-15)21-9-7-20(8-10-21)14(3)4/h5-6,11,13-14,19H,7-10,12H2,1-4H3. The average Bonchev–Trinajstić information content (AvgIpc) is 2.45. The second-order valence-corrected chi connectivity index (χ2v) is 6.85. The number of halogens is 1. The van der Waals surface area contributed by atoms with Crippen LogP contribution in [0.25, 0.3) is 0 Å². The van der Waals surface area contributed by atoms with Gasteiger partial charge in [-0.15, -0.1) is 0 Å². The lowest BCUT2D eigenvalue weighted by atomic mass is 10.1. The summed E-state index contributed by atoms with van der Waals surface area (Å²) < 4.78 is 0. The highest BCUT2D eigenvalue weighted by Crippen LogP contribution is 2.28. The first-order chi connectivity index (χ1) is 9.97. The van der Waals surface area contributed by atoms with Crippen LogP contribution in [0, 0.1) is 0 Å². The monoisotopic (exact) mass is 309 g/mol. The van der Waals surface area contributed by atoms with E-state index >= 15 is 0 Å². The molecule has 3 nitrogen and oxygen atoms in total. The van der Waals surface area contributed by atoms with Gasteiger partial charge in [0.2, 0.25) is 0 Å². The first-order valence-corrected chi connectivity index (χ1v) is 8.36. The van der Waals surface area contributed by atoms with Gasteiger partial charge < -0.3 is 10.2 Å². The molecule has 21 heavy (non-hydrogen) atoms. The van der Waals surface area contributed by atoms with Gasteiger partial charge in [-0.05, 0) is 31.5 Å². The second-order valence-electron chi connectivity index (χ2n) is 6.44. The molecular formula is C17H28ClN3. The van der Waals surface area contributed by atoms with E-state index < -0.39 is 0 Å². The molecule has 1 aromatic carbocycles. The minimum Gasteiger partial charge on any atom is -0.368 e. The molecule has 1 saturated heterocycles. The van der Waals surface area contributed by atoms with Crippen molar-refractivity contribution in [1.29, 1.82) is 0 Å². The van der Waals surface area contributed by atoms with Gasteiger partial charge in [-0.2, -0.15) is 0 Å². The van der Waals surface area contributed by atoms with E-state index in [-0.39, 0.29) is 0 Å². The van der Waals surface area contributed by atoms with Crippen LogP contribution in [-0.4, -0.2) is 43.2 Å². The number of anilines is 1. The Morgan fingerprint density at radius 1 is 1.10 bits per heavy atom. The van der Waals surface area contributed by atoms with Crippen LogP contribution in [0.2, 0.25) is 5.02 Å². The topological polar surface area (TPSA) is 18.5 Å². The van der Waals surface area contributed by atoms with E-state index in [9.17, 15) is 0 Å². The number of benzene rings is 1. The highest BCUT2D eigenvalue weighted by atomic mass is 35.5. The van der Waals surface area contributed by atoms with E-state index in [2.05, 4.69) is 61.0 Å². The fourth-order valence-electron chi connectivity index (χ4n) is 2.72. The van der Waals surface area contributed by atoms with Gasteiger partial charge in [-0.25, -0.2) is 0 Å². The van der Waals surface area contributed by atoms with Gasteiger partial charge in [-0.3, -0.25) is 4.90 Å². The largest absolute Gasteiger partial charge is 0.368 e. The van der Waals surface area contributed by atoms with E-state index in [1.165, 1.54) is 11.3 Å². The predicted octanol–water partition coefficient (Wildman–Crippen LogP) is 3.37. The van der Waals surface area contributed by atoms with E-state index in [0.29, 0.717) is 12.1 Å². The average molecular weight is 310 g/mol. The third kappa shape index (κ3) is 4.60. The first kappa shape index (κ1) is 16.6. The number of piperazine rings is 1. The van der Waals surface area contributed by atoms with E-state index in [4.69, 9.17) is 11.6 Å². The molecule has 2 rings (SSSR count). The molecule has 0 aliphatic carbocycles. The summed E-state index contributed by atoms with van der Waals surface area (Å²) in [6.07, 6.45) is 0. The number of hydrogen-bond acceptors (Lipinski definition) is 3. The fraction of sp³-hybridized carbons (Fsp3) is 0.647. The van der Waals surface area contributed by atoms with Gasteiger partial charge in [0, 0.05) is 44.8 Å². The molecule has 1 aliphatic rings. The smallest absolute Gasteiger partial charge is 0.0642 e. The number of rotatable bonds is 5. The zero-order valence-corrected chi connectivity index (χ0v) is 14.5. The lowest BCUT2D eigenvalue weighted by Crippen LogP contribution is -2.49. The minimum absolute atomic E-state index is 0.493. The van der Waals surface area contributed by atoms with Gasteiger partial charge in [0.05, 0.1) is 10.7 Å². The Morgan fingerprint density at radius 3 is 2.29 bits per heavy atom. The predicted molar refractivity (Wildman–Crippen MR) is 92.3 cm³/mol. The molecule has 0 spiro atoms. The Bertz CT molecular complexity index is 451. The molecule has 0 radical (unpaired) electrons. The van der Waals surface area contributed by atoms with Crippen molar-refractivity contribution in [2.75, 3.05) is 31.1 Å². The molecule has 0 unspecified atom stereocenters. The number of nitrogens with one attached hydrogen (secondary N) is 1. The summed E-state index contributed by atoms with van der Waals surface area (Å²) in [5.41, 5.74) is 2.42. The van der Waals surface area contributed by atoms with Crippen molar-refractivity contribution in [2.24, 2.45) is 0 Å². The third-order valence-electron chi connectivity index (χ3n) is 4.11. The zero-order chi connectivity index (χ0) is 15.4. The molecular weight excluding hydrogens is 282 g/mol. The molecule has 0 atom stereocenters. The third-order valence-corrected chi connectivity index (χ3v) is 4.41. The Kier molecular flexibility index (Phi) is 5.91. The first-order valence-electron chi connectivity index (χ1n) is 7.98. The quantitative estimate of drug-likeness (QED) is 0.899. The van der Waals surface area contributed by atoms with Crippen LogP contribution in [0.3, 0.4) is 0 Å². The highest BCUT2D eigenvalue weighted by molar-refractivity contribution is 6.33. The Labute approximate surface area is 134 Å². The lowest BCUT2D eigenvalue weighted by Gasteiger charge is -2.38. The highest BCUT2D eigenvalue weighted by Gasteiger charge is 2.20. The molecule has 1 N–H and O–H groups in total. The lowest BCUT2D eigenvalue weighted by molar-refractivity contribution is 0.209. The van der Waals surface area contributed by atoms with E-state index in [0.717, 1.165) is 37.7 Å². The maximum atomic E-state index is 6.49. The van der Waals surface area contributed by atoms with Crippen molar-refractivity contribution >= 4 is 17.3 Å². The summed E-state index contributed by atoms with van der Waals surface area (Å²) in [6, 6.07) is 7.58. The van der Waals surface area contributed by atoms with Crippen LogP contribution in [-0.2, 0) is 6.54 Å². The van der Waals surface area contributed by atoms with E-state index in [1.54, 1.807) is 0 Å². The van der Waals surface area contributed by atoms with Crippen molar-refractivity contribution in [1.82, 2.24) is 10.2 Å². The summed E-state index contributed by atoms with van der Waals surface area (Å²) in [6.45, 7) is 14.1. The van der Waals surface area contributed by atoms with Crippen molar-refractivity contribution in [3.63, 3.8) is 0 Å². The molecule has 0 amide bonds. The van der Waals surface area contributed by atoms with Gasteiger partial charge in [0.25, 0.3) is 0 Å². The van der Waals surface area contributed by atoms with Crippen molar-refractivity contribution < 1.29 is 0 Å². The summed E-state index contributed by atoms with van der Waals surface area (Å²) in [4.78, 5) is 4.92. The van der Waals surface area contributed by atoms with Crippen LogP contribution >= 0.6 is 11.6 Å². The number of nitrogens with zero attached hydrogens (tertiary/aromatic N) is 2. The molecule has 1 aromatic rings. The fourth-order valence-corrected chi connectivity index (χ4v) is 3.04. The molecule has 1 heterocycles. The maximum Gasteiger partial charge on any atom is 0.0642 e. The molecule has 118 valence electrons. The van der Waals surface area contributed by atoms with Crippen LogP contribution in [0.4, 0.5) is 5.69 Å². The molecule has 1 fully saturated rings. The van der Waals surface area contributed by atoms with E-state index in [1.807, 2.05) is 0 Å². The molecule has 0 aromatic heterocycles. The molecule has 4 heteroatoms. The van der Waals surface area contributed by atoms with Gasteiger partial charge in [0.1, 0.15) is 0 Å². The maximum absolute atomic E-state index is 6.49. The Balaban J connectivity index is 1.98. The summed E-state index contributed by atoms with van der Waals surface area (Å²) >= 11 is 6.49. The Hall–Kier alpha value is -0.770. The van der Waals surface area contributed by atoms with Crippen LogP contribution in [0.5, 0.6) is 0 Å². The van der Waals surface area contributed by atoms with Crippen LogP contribution in [0.1, 0.15) is 33.3 Å².